The van der Waals surface area contributed by atoms with Gasteiger partial charge in [-0.05, 0) is 50.1 Å². The lowest BCUT2D eigenvalue weighted by atomic mass is 10.0. The van der Waals surface area contributed by atoms with Crippen molar-refractivity contribution in [3.8, 4) is 11.3 Å². The minimum atomic E-state index is -0.475. The van der Waals surface area contributed by atoms with Crippen LogP contribution in [0.2, 0.25) is 0 Å². The Balaban J connectivity index is 1.43. The first-order chi connectivity index (χ1) is 14.0. The van der Waals surface area contributed by atoms with Crippen molar-refractivity contribution in [3.63, 3.8) is 0 Å². The van der Waals surface area contributed by atoms with Gasteiger partial charge in [0.25, 0.3) is 5.91 Å². The lowest BCUT2D eigenvalue weighted by molar-refractivity contribution is 0.0930. The van der Waals surface area contributed by atoms with E-state index in [2.05, 4.69) is 29.4 Å². The summed E-state index contributed by atoms with van der Waals surface area (Å²) in [5.74, 6) is 0.579. The molecular weight excluding hydrogens is 389 g/mol. The van der Waals surface area contributed by atoms with Crippen LogP contribution in [0.25, 0.3) is 11.3 Å². The van der Waals surface area contributed by atoms with Gasteiger partial charge in [0.15, 0.2) is 6.17 Å². The first kappa shape index (κ1) is 18.4. The zero-order chi connectivity index (χ0) is 20.1. The third-order valence-electron chi connectivity index (χ3n) is 5.65. The number of hydrogen-bond acceptors (Lipinski definition) is 5. The van der Waals surface area contributed by atoms with E-state index in [1.807, 2.05) is 0 Å². The normalized spacial score (nSPS) is 18.9. The summed E-state index contributed by atoms with van der Waals surface area (Å²) in [4.78, 5) is 16.6. The number of hydrogen-bond donors (Lipinski definition) is 2. The second-order valence-electron chi connectivity index (χ2n) is 7.75. The number of nitrogens with zero attached hydrogens (tertiary/aromatic N) is 1. The first-order valence-corrected chi connectivity index (χ1v) is 10.6. The molecule has 0 spiro atoms. The molecule has 0 bridgehead atoms. The smallest absolute Gasteiger partial charge is 0.256 e. The maximum absolute atomic E-state index is 14.1. The highest BCUT2D eigenvalue weighted by Crippen LogP contribution is 2.41. The van der Waals surface area contributed by atoms with E-state index in [0.717, 1.165) is 35.6 Å². The summed E-state index contributed by atoms with van der Waals surface area (Å²) in [6.07, 6.45) is 0.411. The van der Waals surface area contributed by atoms with Gasteiger partial charge in [0.1, 0.15) is 22.3 Å². The second-order valence-corrected chi connectivity index (χ2v) is 8.86. The lowest BCUT2D eigenvalue weighted by Gasteiger charge is -2.30. The molecule has 1 unspecified atom stereocenters. The Bertz CT molecular complexity index is 1090. The van der Waals surface area contributed by atoms with Crippen molar-refractivity contribution in [2.75, 3.05) is 11.9 Å². The molecule has 0 saturated carbocycles. The van der Waals surface area contributed by atoms with Gasteiger partial charge in [0.05, 0.1) is 11.1 Å². The minimum absolute atomic E-state index is 0.0805. The molecule has 150 valence electrons. The maximum atomic E-state index is 14.1. The second kappa shape index (κ2) is 7.00. The van der Waals surface area contributed by atoms with E-state index in [1.54, 1.807) is 41.7 Å². The summed E-state index contributed by atoms with van der Waals surface area (Å²) < 4.78 is 19.9. The van der Waals surface area contributed by atoms with Crippen LogP contribution in [0.4, 0.5) is 9.39 Å². The number of rotatable bonds is 3. The van der Waals surface area contributed by atoms with Crippen LogP contribution in [-0.2, 0) is 13.0 Å². The van der Waals surface area contributed by atoms with Crippen molar-refractivity contribution >= 4 is 22.2 Å². The number of carbonyl (C=O) groups excluding carboxylic acids is 1. The minimum Gasteiger partial charge on any atom is -0.457 e. The topological polar surface area (TPSA) is 57.5 Å². The monoisotopic (exact) mass is 411 g/mol. The van der Waals surface area contributed by atoms with Gasteiger partial charge in [-0.25, -0.2) is 4.39 Å². The fourth-order valence-corrected chi connectivity index (χ4v) is 5.33. The van der Waals surface area contributed by atoms with E-state index in [0.29, 0.717) is 23.1 Å². The van der Waals surface area contributed by atoms with Gasteiger partial charge in [0, 0.05) is 24.0 Å². The number of fused-ring (bicyclic) bond motifs is 3. The van der Waals surface area contributed by atoms with E-state index in [1.165, 1.54) is 10.9 Å². The maximum Gasteiger partial charge on any atom is 0.256 e. The molecule has 2 aliphatic rings. The van der Waals surface area contributed by atoms with Gasteiger partial charge >= 0.3 is 0 Å². The zero-order valence-corrected chi connectivity index (χ0v) is 17.1. The van der Waals surface area contributed by atoms with Gasteiger partial charge in [-0.15, -0.1) is 11.3 Å². The number of thiophene rings is 1. The molecule has 5 rings (SSSR count). The molecule has 1 amide bonds. The Hall–Kier alpha value is -2.64. The van der Waals surface area contributed by atoms with Gasteiger partial charge in [-0.3, -0.25) is 9.69 Å². The highest BCUT2D eigenvalue weighted by molar-refractivity contribution is 7.16. The molecular formula is C22H22FN3O2S. The van der Waals surface area contributed by atoms with Crippen LogP contribution in [0, 0.1) is 5.82 Å². The van der Waals surface area contributed by atoms with Gasteiger partial charge < -0.3 is 15.1 Å². The summed E-state index contributed by atoms with van der Waals surface area (Å²) in [5, 5.41) is 7.29. The van der Waals surface area contributed by atoms with Crippen LogP contribution < -0.4 is 10.6 Å². The molecule has 2 aromatic heterocycles. The first-order valence-electron chi connectivity index (χ1n) is 9.82. The molecule has 0 aliphatic carbocycles. The molecule has 0 fully saturated rings. The molecule has 3 aromatic rings. The molecule has 1 aromatic carbocycles. The summed E-state index contributed by atoms with van der Waals surface area (Å²) in [5.41, 5.74) is 2.34. The zero-order valence-electron chi connectivity index (χ0n) is 16.3. The predicted octanol–water partition coefficient (Wildman–Crippen LogP) is 4.77. The Kier molecular flexibility index (Phi) is 4.44. The van der Waals surface area contributed by atoms with E-state index >= 15 is 0 Å². The molecule has 7 heteroatoms. The van der Waals surface area contributed by atoms with Crippen molar-refractivity contribution in [3.05, 3.63) is 64.0 Å². The number of benzene rings is 1. The van der Waals surface area contributed by atoms with Gasteiger partial charge in [-0.1, -0.05) is 12.1 Å². The molecule has 1 atom stereocenters. The molecule has 2 aliphatic heterocycles. The average Bonchev–Trinajstić information content (AvgIpc) is 3.32. The molecule has 0 saturated heterocycles. The van der Waals surface area contributed by atoms with Crippen molar-refractivity contribution < 1.29 is 13.6 Å². The number of anilines is 1. The third kappa shape index (κ3) is 3.14. The van der Waals surface area contributed by atoms with E-state index in [9.17, 15) is 9.18 Å². The third-order valence-corrected chi connectivity index (χ3v) is 6.79. The molecule has 5 nitrogen and oxygen atoms in total. The standard InChI is InChI=1S/C22H22FN3O2S/c1-12(2)26-10-9-14-18(11-26)29-22-19(14)21(27)24-20(25-22)17-8-7-16(28-17)13-5-3-4-6-15(13)23/h3-8,12,20,25H,9-11H2,1-2H3,(H,24,27). The summed E-state index contributed by atoms with van der Waals surface area (Å²) in [7, 11) is 0. The van der Waals surface area contributed by atoms with Crippen LogP contribution >= 0.6 is 11.3 Å². The fraction of sp³-hybridized carbons (Fsp3) is 0.318. The molecule has 0 radical (unpaired) electrons. The lowest BCUT2D eigenvalue weighted by Crippen LogP contribution is -2.39. The highest BCUT2D eigenvalue weighted by Gasteiger charge is 2.34. The van der Waals surface area contributed by atoms with Crippen LogP contribution in [0.5, 0.6) is 0 Å². The van der Waals surface area contributed by atoms with Crippen LogP contribution in [0.15, 0.2) is 40.8 Å². The SMILES string of the molecule is CC(C)N1CCc2c(sc3c2C(=O)NC(c2ccc(-c4ccccc4F)o2)N3)C1. The summed E-state index contributed by atoms with van der Waals surface area (Å²) in [6, 6.07) is 10.5. The quantitative estimate of drug-likeness (QED) is 0.652. The predicted molar refractivity (Wildman–Crippen MR) is 112 cm³/mol. The highest BCUT2D eigenvalue weighted by atomic mass is 32.1. The van der Waals surface area contributed by atoms with Crippen LogP contribution in [0.1, 0.15) is 46.6 Å². The Morgan fingerprint density at radius 3 is 2.83 bits per heavy atom. The average molecular weight is 412 g/mol. The molecule has 4 heterocycles. The van der Waals surface area contributed by atoms with Crippen molar-refractivity contribution in [1.29, 1.82) is 0 Å². The molecule has 29 heavy (non-hydrogen) atoms. The van der Waals surface area contributed by atoms with Crippen molar-refractivity contribution in [2.45, 2.75) is 39.0 Å². The fourth-order valence-electron chi connectivity index (χ4n) is 4.03. The van der Waals surface area contributed by atoms with E-state index in [-0.39, 0.29) is 11.7 Å². The number of carbonyl (C=O) groups is 1. The summed E-state index contributed by atoms with van der Waals surface area (Å²) >= 11 is 1.65. The van der Waals surface area contributed by atoms with Gasteiger partial charge in [0.2, 0.25) is 0 Å². The Labute approximate surface area is 172 Å². The Morgan fingerprint density at radius 1 is 1.21 bits per heavy atom. The van der Waals surface area contributed by atoms with Crippen molar-refractivity contribution in [2.24, 2.45) is 0 Å². The Morgan fingerprint density at radius 2 is 2.03 bits per heavy atom. The van der Waals surface area contributed by atoms with E-state index in [4.69, 9.17) is 4.42 Å². The number of halogens is 1. The number of nitrogens with one attached hydrogen (secondary N) is 2. The van der Waals surface area contributed by atoms with Crippen molar-refractivity contribution in [1.82, 2.24) is 10.2 Å². The van der Waals surface area contributed by atoms with Crippen LogP contribution in [0.3, 0.4) is 0 Å². The van der Waals surface area contributed by atoms with E-state index < -0.39 is 6.17 Å². The van der Waals surface area contributed by atoms with Gasteiger partial charge in [-0.2, -0.15) is 0 Å². The largest absolute Gasteiger partial charge is 0.457 e. The van der Waals surface area contributed by atoms with Crippen LogP contribution in [-0.4, -0.2) is 23.4 Å². The number of furan rings is 1. The number of amides is 1. The summed E-state index contributed by atoms with van der Waals surface area (Å²) in [6.45, 7) is 6.24. The molecule has 2 N–H and O–H groups in total.